The first-order valence-electron chi connectivity index (χ1n) is 9.49. The number of anilines is 1. The Bertz CT molecular complexity index is 849. The summed E-state index contributed by atoms with van der Waals surface area (Å²) in [4.78, 5) is 32.1. The molecule has 29 heavy (non-hydrogen) atoms. The number of aromatic nitrogens is 1. The van der Waals surface area contributed by atoms with E-state index in [0.29, 0.717) is 16.8 Å². The van der Waals surface area contributed by atoms with Crippen molar-refractivity contribution < 1.29 is 9.59 Å². The largest absolute Gasteiger partial charge is 0.331 e. The number of amides is 2. The first-order valence-corrected chi connectivity index (χ1v) is 9.49. The van der Waals surface area contributed by atoms with Crippen LogP contribution in [0.1, 0.15) is 45.5 Å². The van der Waals surface area contributed by atoms with Crippen molar-refractivity contribution in [1.82, 2.24) is 15.2 Å². The molecule has 6 nitrogen and oxygen atoms in total. The van der Waals surface area contributed by atoms with Gasteiger partial charge in [0.25, 0.3) is 11.8 Å². The van der Waals surface area contributed by atoms with E-state index in [1.807, 2.05) is 30.0 Å². The minimum atomic E-state index is -0.235. The van der Waals surface area contributed by atoms with Gasteiger partial charge in [-0.1, -0.05) is 12.1 Å². The molecular formula is C21H26Cl2N4O2. The topological polar surface area (TPSA) is 74.3 Å². The highest BCUT2D eigenvalue weighted by atomic mass is 35.5. The summed E-state index contributed by atoms with van der Waals surface area (Å²) in [6.45, 7) is 3.70. The Kier molecular flexibility index (Phi) is 8.02. The van der Waals surface area contributed by atoms with Crippen molar-refractivity contribution in [2.75, 3.05) is 18.4 Å². The fourth-order valence-electron chi connectivity index (χ4n) is 4.15. The van der Waals surface area contributed by atoms with Gasteiger partial charge >= 0.3 is 0 Å². The number of carbonyl (C=O) groups is 2. The van der Waals surface area contributed by atoms with Gasteiger partial charge in [0.2, 0.25) is 0 Å². The van der Waals surface area contributed by atoms with Crippen molar-refractivity contribution in [3.05, 3.63) is 59.4 Å². The lowest BCUT2D eigenvalue weighted by Crippen LogP contribution is -2.42. The van der Waals surface area contributed by atoms with E-state index in [1.165, 1.54) is 0 Å². The van der Waals surface area contributed by atoms with E-state index in [4.69, 9.17) is 0 Å². The zero-order chi connectivity index (χ0) is 18.8. The van der Waals surface area contributed by atoms with Crippen LogP contribution in [0.25, 0.3) is 0 Å². The zero-order valence-corrected chi connectivity index (χ0v) is 17.9. The van der Waals surface area contributed by atoms with E-state index in [0.717, 1.165) is 37.9 Å². The number of nitrogens with zero attached hydrogens (tertiary/aromatic N) is 2. The van der Waals surface area contributed by atoms with Gasteiger partial charge in [-0.2, -0.15) is 0 Å². The number of aryl methyl sites for hydroxylation is 1. The molecule has 2 aliphatic heterocycles. The molecule has 2 bridgehead atoms. The number of hydrogen-bond acceptors (Lipinski definition) is 4. The lowest BCUT2D eigenvalue weighted by atomic mass is 10.0. The molecule has 2 unspecified atom stereocenters. The lowest BCUT2D eigenvalue weighted by molar-refractivity contribution is 0.0681. The fourth-order valence-corrected chi connectivity index (χ4v) is 4.15. The second-order valence-corrected chi connectivity index (χ2v) is 7.28. The summed E-state index contributed by atoms with van der Waals surface area (Å²) in [6, 6.07) is 9.44. The maximum atomic E-state index is 13.4. The van der Waals surface area contributed by atoms with E-state index in [9.17, 15) is 9.59 Å². The number of fused-ring (bicyclic) bond motifs is 2. The van der Waals surface area contributed by atoms with E-state index in [2.05, 4.69) is 15.6 Å². The van der Waals surface area contributed by atoms with Gasteiger partial charge in [0, 0.05) is 36.6 Å². The molecule has 3 heterocycles. The quantitative estimate of drug-likeness (QED) is 0.772. The second kappa shape index (κ2) is 10.1. The average Bonchev–Trinajstić information content (AvgIpc) is 2.96. The Morgan fingerprint density at radius 3 is 2.55 bits per heavy atom. The molecule has 156 valence electrons. The van der Waals surface area contributed by atoms with Crippen molar-refractivity contribution in [2.45, 2.75) is 38.3 Å². The van der Waals surface area contributed by atoms with Gasteiger partial charge in [-0.3, -0.25) is 14.6 Å². The van der Waals surface area contributed by atoms with Crippen LogP contribution in [-0.4, -0.2) is 46.9 Å². The SMILES string of the molecule is Cc1cccc(C(=O)N2C3CCNCC2CC3)c1NC(=O)c1ccncc1.Cl.Cl. The summed E-state index contributed by atoms with van der Waals surface area (Å²) >= 11 is 0. The van der Waals surface area contributed by atoms with Crippen LogP contribution in [0, 0.1) is 6.92 Å². The fraction of sp³-hybridized carbons (Fsp3) is 0.381. The van der Waals surface area contributed by atoms with Gasteiger partial charge in [-0.25, -0.2) is 0 Å². The Labute approximate surface area is 183 Å². The number of nitrogens with one attached hydrogen (secondary N) is 2. The zero-order valence-electron chi connectivity index (χ0n) is 16.3. The molecule has 2 amide bonds. The molecule has 4 rings (SSSR count). The van der Waals surface area contributed by atoms with Gasteiger partial charge in [0.15, 0.2) is 0 Å². The van der Waals surface area contributed by atoms with Gasteiger partial charge < -0.3 is 15.5 Å². The monoisotopic (exact) mass is 436 g/mol. The summed E-state index contributed by atoms with van der Waals surface area (Å²) in [7, 11) is 0. The highest BCUT2D eigenvalue weighted by molar-refractivity contribution is 6.09. The van der Waals surface area contributed by atoms with E-state index in [1.54, 1.807) is 24.5 Å². The van der Waals surface area contributed by atoms with E-state index < -0.39 is 0 Å². The number of pyridine rings is 1. The Balaban J connectivity index is 0.00000150. The molecule has 0 saturated carbocycles. The molecule has 2 aromatic rings. The molecule has 8 heteroatoms. The van der Waals surface area contributed by atoms with Crippen LogP contribution in [0.4, 0.5) is 5.69 Å². The number of hydrogen-bond donors (Lipinski definition) is 2. The van der Waals surface area contributed by atoms with Crippen molar-refractivity contribution >= 4 is 42.3 Å². The standard InChI is InChI=1S/C21H24N4O2.2ClH/c1-14-3-2-4-18(19(14)24-20(26)15-7-10-22-11-8-15)21(27)25-16-5-6-17(25)13-23-12-9-16;;/h2-4,7-8,10-11,16-17,23H,5-6,9,12-13H2,1H3,(H,24,26);2*1H. The van der Waals surface area contributed by atoms with Gasteiger partial charge in [-0.15, -0.1) is 24.8 Å². The molecule has 1 aromatic carbocycles. The average molecular weight is 437 g/mol. The van der Waals surface area contributed by atoms with E-state index in [-0.39, 0.29) is 48.7 Å². The third-order valence-electron chi connectivity index (χ3n) is 5.57. The predicted molar refractivity (Wildman–Crippen MR) is 118 cm³/mol. The normalized spacial score (nSPS) is 20.1. The summed E-state index contributed by atoms with van der Waals surface area (Å²) < 4.78 is 0. The minimum absolute atomic E-state index is 0. The lowest BCUT2D eigenvalue weighted by Gasteiger charge is -2.29. The van der Waals surface area contributed by atoms with E-state index >= 15 is 0 Å². The van der Waals surface area contributed by atoms with Crippen molar-refractivity contribution in [3.8, 4) is 0 Å². The molecule has 2 saturated heterocycles. The number of carbonyl (C=O) groups excluding carboxylic acids is 2. The van der Waals surface area contributed by atoms with Crippen LogP contribution in [0.5, 0.6) is 0 Å². The molecule has 2 atom stereocenters. The van der Waals surface area contributed by atoms with Gasteiger partial charge in [0.1, 0.15) is 0 Å². The number of benzene rings is 1. The first-order chi connectivity index (χ1) is 13.1. The summed E-state index contributed by atoms with van der Waals surface area (Å²) in [5.41, 5.74) is 2.56. The maximum absolute atomic E-state index is 13.4. The summed E-state index contributed by atoms with van der Waals surface area (Å²) in [5, 5.41) is 6.38. The maximum Gasteiger partial charge on any atom is 0.256 e. The second-order valence-electron chi connectivity index (χ2n) is 7.28. The van der Waals surface area contributed by atoms with Crippen LogP contribution < -0.4 is 10.6 Å². The molecular weight excluding hydrogens is 411 g/mol. The van der Waals surface area contributed by atoms with Crippen molar-refractivity contribution in [2.24, 2.45) is 0 Å². The molecule has 2 fully saturated rings. The molecule has 0 aliphatic carbocycles. The smallest absolute Gasteiger partial charge is 0.256 e. The van der Waals surface area contributed by atoms with Crippen molar-refractivity contribution in [1.29, 1.82) is 0 Å². The van der Waals surface area contributed by atoms with Gasteiger partial charge in [-0.05, 0) is 56.5 Å². The van der Waals surface area contributed by atoms with Crippen LogP contribution in [0.3, 0.4) is 0 Å². The third kappa shape index (κ3) is 4.71. The summed E-state index contributed by atoms with van der Waals surface area (Å²) in [6.07, 6.45) is 6.24. The Morgan fingerprint density at radius 2 is 1.79 bits per heavy atom. The molecule has 0 spiro atoms. The Hall–Kier alpha value is -2.15. The number of halogens is 2. The highest BCUT2D eigenvalue weighted by Gasteiger charge is 2.39. The van der Waals surface area contributed by atoms with Crippen molar-refractivity contribution in [3.63, 3.8) is 0 Å². The van der Waals surface area contributed by atoms with Crippen LogP contribution >= 0.6 is 24.8 Å². The number of para-hydroxylation sites is 1. The summed E-state index contributed by atoms with van der Waals surface area (Å²) in [5.74, 6) is -0.221. The van der Waals surface area contributed by atoms with Crippen LogP contribution in [-0.2, 0) is 0 Å². The molecule has 2 aliphatic rings. The first kappa shape index (κ1) is 23.1. The molecule has 0 radical (unpaired) electrons. The van der Waals surface area contributed by atoms with Crippen LogP contribution in [0.2, 0.25) is 0 Å². The van der Waals surface area contributed by atoms with Crippen LogP contribution in [0.15, 0.2) is 42.7 Å². The highest BCUT2D eigenvalue weighted by Crippen LogP contribution is 2.32. The molecule has 1 aromatic heterocycles. The minimum Gasteiger partial charge on any atom is -0.331 e. The Morgan fingerprint density at radius 1 is 1.07 bits per heavy atom. The molecule has 2 N–H and O–H groups in total. The predicted octanol–water partition coefficient (Wildman–Crippen LogP) is 3.45. The third-order valence-corrected chi connectivity index (χ3v) is 5.57. The van der Waals surface area contributed by atoms with Gasteiger partial charge in [0.05, 0.1) is 11.3 Å². The number of rotatable bonds is 3.